The second kappa shape index (κ2) is 8.67. The molecule has 0 bridgehead atoms. The molecule has 150 valence electrons. The molecular weight excluding hydrogens is 354 g/mol. The fourth-order valence-electron chi connectivity index (χ4n) is 3.40. The van der Waals surface area contributed by atoms with E-state index in [9.17, 15) is 18.4 Å². The number of alkyl halides is 2. The van der Waals surface area contributed by atoms with Crippen LogP contribution in [-0.2, 0) is 15.5 Å². The number of carbonyl (C=O) groups is 2. The first-order valence-electron chi connectivity index (χ1n) is 9.30. The zero-order valence-corrected chi connectivity index (χ0v) is 16.2. The number of para-hydroxylation sites is 1. The molecule has 0 unspecified atom stereocenters. The zero-order valence-electron chi connectivity index (χ0n) is 16.2. The summed E-state index contributed by atoms with van der Waals surface area (Å²) in [5, 5.41) is 2.45. The number of rotatable bonds is 8. The van der Waals surface area contributed by atoms with Crippen molar-refractivity contribution in [2.45, 2.75) is 45.0 Å². The van der Waals surface area contributed by atoms with Crippen molar-refractivity contribution in [2.24, 2.45) is 5.41 Å². The monoisotopic (exact) mass is 382 g/mol. The Hall–Kier alpha value is -2.18. The molecule has 0 saturated heterocycles. The van der Waals surface area contributed by atoms with Gasteiger partial charge < -0.3 is 15.0 Å². The van der Waals surface area contributed by atoms with Gasteiger partial charge in [-0.15, -0.1) is 0 Å². The van der Waals surface area contributed by atoms with Crippen LogP contribution < -0.4 is 10.1 Å². The van der Waals surface area contributed by atoms with Crippen molar-refractivity contribution in [3.05, 3.63) is 29.8 Å². The SMILES string of the molecule is CCC1(CNC(=O)C(F)(F)c2ccccc2OCC(=O)N(C)C)CCCC1. The van der Waals surface area contributed by atoms with Crippen molar-refractivity contribution < 1.29 is 23.1 Å². The molecule has 2 amide bonds. The Labute approximate surface area is 159 Å². The Balaban J connectivity index is 2.10. The number of carbonyl (C=O) groups excluding carboxylic acids is 2. The Morgan fingerprint density at radius 2 is 1.85 bits per heavy atom. The summed E-state index contributed by atoms with van der Waals surface area (Å²) in [5.74, 6) is -5.61. The number of halogens is 2. The lowest BCUT2D eigenvalue weighted by atomic mass is 9.83. The maximum Gasteiger partial charge on any atom is 0.353 e. The Morgan fingerprint density at radius 3 is 2.44 bits per heavy atom. The number of nitrogens with zero attached hydrogens (tertiary/aromatic N) is 1. The topological polar surface area (TPSA) is 58.6 Å². The number of likely N-dealkylation sites (N-methyl/N-ethyl adjacent to an activating group) is 1. The summed E-state index contributed by atoms with van der Waals surface area (Å²) in [7, 11) is 3.10. The summed E-state index contributed by atoms with van der Waals surface area (Å²) in [5.41, 5.74) is -0.620. The lowest BCUT2D eigenvalue weighted by molar-refractivity contribution is -0.147. The highest BCUT2D eigenvalue weighted by Crippen LogP contribution is 2.41. The average Bonchev–Trinajstić information content (AvgIpc) is 3.13. The fourth-order valence-corrected chi connectivity index (χ4v) is 3.40. The van der Waals surface area contributed by atoms with Gasteiger partial charge in [0.2, 0.25) is 0 Å². The molecule has 1 N–H and O–H groups in total. The van der Waals surface area contributed by atoms with E-state index in [2.05, 4.69) is 5.32 Å². The molecule has 0 radical (unpaired) electrons. The summed E-state index contributed by atoms with van der Waals surface area (Å²) >= 11 is 0. The van der Waals surface area contributed by atoms with Crippen LogP contribution >= 0.6 is 0 Å². The van der Waals surface area contributed by atoms with Gasteiger partial charge in [0.15, 0.2) is 6.61 Å². The van der Waals surface area contributed by atoms with E-state index in [0.717, 1.165) is 38.2 Å². The van der Waals surface area contributed by atoms with Crippen LogP contribution in [0.3, 0.4) is 0 Å². The Kier molecular flexibility index (Phi) is 6.78. The van der Waals surface area contributed by atoms with Crippen LogP contribution in [0.1, 0.15) is 44.6 Å². The molecule has 1 aliphatic rings. The zero-order chi connectivity index (χ0) is 20.1. The minimum atomic E-state index is -3.74. The van der Waals surface area contributed by atoms with Crippen LogP contribution in [-0.4, -0.2) is 44.0 Å². The van der Waals surface area contributed by atoms with E-state index in [0.29, 0.717) is 0 Å². The van der Waals surface area contributed by atoms with Crippen molar-refractivity contribution in [3.63, 3.8) is 0 Å². The summed E-state index contributed by atoms with van der Waals surface area (Å²) in [4.78, 5) is 25.3. The molecule has 7 heteroatoms. The van der Waals surface area contributed by atoms with Crippen molar-refractivity contribution >= 4 is 11.8 Å². The number of ether oxygens (including phenoxy) is 1. The summed E-state index contributed by atoms with van der Waals surface area (Å²) in [6.07, 6.45) is 4.88. The first-order valence-corrected chi connectivity index (χ1v) is 9.30. The maximum absolute atomic E-state index is 14.8. The van der Waals surface area contributed by atoms with Gasteiger partial charge in [0.1, 0.15) is 5.75 Å². The second-order valence-corrected chi connectivity index (χ2v) is 7.39. The van der Waals surface area contributed by atoms with Gasteiger partial charge in [-0.05, 0) is 36.8 Å². The molecule has 27 heavy (non-hydrogen) atoms. The summed E-state index contributed by atoms with van der Waals surface area (Å²) < 4.78 is 34.9. The van der Waals surface area contributed by atoms with Gasteiger partial charge in [-0.2, -0.15) is 8.78 Å². The van der Waals surface area contributed by atoms with Crippen LogP contribution in [0.15, 0.2) is 24.3 Å². The van der Waals surface area contributed by atoms with Gasteiger partial charge in [-0.25, -0.2) is 0 Å². The van der Waals surface area contributed by atoms with Crippen molar-refractivity contribution in [1.29, 1.82) is 0 Å². The molecule has 5 nitrogen and oxygen atoms in total. The third-order valence-corrected chi connectivity index (χ3v) is 5.40. The van der Waals surface area contributed by atoms with Crippen molar-refractivity contribution in [2.75, 3.05) is 27.2 Å². The standard InChI is InChI=1S/C20H28F2N2O3/c1-4-19(11-7-8-12-19)14-23-18(26)20(21,22)15-9-5-6-10-16(15)27-13-17(25)24(2)3/h5-6,9-10H,4,7-8,11-14H2,1-3H3,(H,23,26). The highest BCUT2D eigenvalue weighted by atomic mass is 19.3. The molecule has 1 aromatic carbocycles. The smallest absolute Gasteiger partial charge is 0.353 e. The van der Waals surface area contributed by atoms with Crippen LogP contribution in [0.2, 0.25) is 0 Å². The minimum Gasteiger partial charge on any atom is -0.483 e. The first kappa shape index (κ1) is 21.1. The van der Waals surface area contributed by atoms with E-state index < -0.39 is 17.4 Å². The molecular formula is C20H28F2N2O3. The number of hydrogen-bond donors (Lipinski definition) is 1. The van der Waals surface area contributed by atoms with Crippen molar-refractivity contribution in [3.8, 4) is 5.75 Å². The molecule has 2 rings (SSSR count). The lowest BCUT2D eigenvalue weighted by Crippen LogP contribution is -2.43. The van der Waals surface area contributed by atoms with E-state index in [4.69, 9.17) is 4.74 Å². The van der Waals surface area contributed by atoms with E-state index in [1.165, 1.54) is 23.1 Å². The number of nitrogens with one attached hydrogen (secondary N) is 1. The molecule has 1 aliphatic carbocycles. The predicted octanol–water partition coefficient (Wildman–Crippen LogP) is 3.33. The highest BCUT2D eigenvalue weighted by molar-refractivity contribution is 5.85. The molecule has 0 atom stereocenters. The van der Waals surface area contributed by atoms with E-state index in [1.807, 2.05) is 6.92 Å². The molecule has 0 aliphatic heterocycles. The quantitative estimate of drug-likeness (QED) is 0.750. The first-order chi connectivity index (χ1) is 12.7. The molecule has 0 heterocycles. The highest BCUT2D eigenvalue weighted by Gasteiger charge is 2.44. The maximum atomic E-state index is 14.8. The van der Waals surface area contributed by atoms with E-state index in [-0.39, 0.29) is 30.2 Å². The van der Waals surface area contributed by atoms with Gasteiger partial charge in [-0.1, -0.05) is 31.9 Å². The van der Waals surface area contributed by atoms with Crippen LogP contribution in [0, 0.1) is 5.41 Å². The Morgan fingerprint density at radius 1 is 1.22 bits per heavy atom. The predicted molar refractivity (Wildman–Crippen MR) is 98.7 cm³/mol. The average molecular weight is 382 g/mol. The van der Waals surface area contributed by atoms with Gasteiger partial charge >= 0.3 is 5.92 Å². The minimum absolute atomic E-state index is 0.0834. The summed E-state index contributed by atoms with van der Waals surface area (Å²) in [6, 6.07) is 5.43. The molecule has 0 spiro atoms. The molecule has 0 aromatic heterocycles. The van der Waals surface area contributed by atoms with Gasteiger partial charge in [0, 0.05) is 20.6 Å². The third kappa shape index (κ3) is 4.96. The van der Waals surface area contributed by atoms with Crippen LogP contribution in [0.5, 0.6) is 5.75 Å². The van der Waals surface area contributed by atoms with Crippen LogP contribution in [0.25, 0.3) is 0 Å². The Bertz CT molecular complexity index is 671. The molecule has 1 saturated carbocycles. The van der Waals surface area contributed by atoms with Gasteiger partial charge in [0.25, 0.3) is 11.8 Å². The van der Waals surface area contributed by atoms with E-state index in [1.54, 1.807) is 14.1 Å². The molecule has 1 aromatic rings. The largest absolute Gasteiger partial charge is 0.483 e. The van der Waals surface area contributed by atoms with Crippen molar-refractivity contribution in [1.82, 2.24) is 10.2 Å². The number of benzene rings is 1. The third-order valence-electron chi connectivity index (χ3n) is 5.40. The normalized spacial score (nSPS) is 16.0. The molecule has 1 fully saturated rings. The van der Waals surface area contributed by atoms with Crippen LogP contribution in [0.4, 0.5) is 8.78 Å². The summed E-state index contributed by atoms with van der Waals surface area (Å²) in [6.45, 7) is 1.90. The second-order valence-electron chi connectivity index (χ2n) is 7.39. The lowest BCUT2D eigenvalue weighted by Gasteiger charge is -2.29. The van der Waals surface area contributed by atoms with Gasteiger partial charge in [0.05, 0.1) is 5.56 Å². The number of hydrogen-bond acceptors (Lipinski definition) is 3. The number of amides is 2. The van der Waals surface area contributed by atoms with Gasteiger partial charge in [-0.3, -0.25) is 9.59 Å². The van der Waals surface area contributed by atoms with E-state index >= 15 is 0 Å². The fraction of sp³-hybridized carbons (Fsp3) is 0.600.